The Morgan fingerprint density at radius 1 is 1.37 bits per heavy atom. The molecule has 1 aromatic carbocycles. The predicted octanol–water partition coefficient (Wildman–Crippen LogP) is 0.843. The van der Waals surface area contributed by atoms with Crippen molar-refractivity contribution in [2.24, 2.45) is 0 Å². The summed E-state index contributed by atoms with van der Waals surface area (Å²) >= 11 is 0. The second-order valence-electron chi connectivity index (χ2n) is 3.92. The minimum atomic E-state index is -0.0794. The zero-order valence-corrected chi connectivity index (χ0v) is 10.2. The molecule has 19 heavy (non-hydrogen) atoms. The summed E-state index contributed by atoms with van der Waals surface area (Å²) in [6.45, 7) is 0.456. The van der Waals surface area contributed by atoms with E-state index in [4.69, 9.17) is 9.78 Å². The summed E-state index contributed by atoms with van der Waals surface area (Å²) in [7, 11) is 0. The summed E-state index contributed by atoms with van der Waals surface area (Å²) in [4.78, 5) is 15.5. The number of carbonyl (C=O) groups is 1. The SMILES string of the molecule is N#Cc1ccc(CC(=O)NCCc2ncno2)cc1. The van der Waals surface area contributed by atoms with Gasteiger partial charge in [0.25, 0.3) is 0 Å². The second-order valence-corrected chi connectivity index (χ2v) is 3.92. The first kappa shape index (κ1) is 12.8. The van der Waals surface area contributed by atoms with E-state index in [2.05, 4.69) is 15.5 Å². The van der Waals surface area contributed by atoms with Crippen molar-refractivity contribution in [1.82, 2.24) is 15.5 Å². The summed E-state index contributed by atoms with van der Waals surface area (Å²) in [5.41, 5.74) is 1.45. The quantitative estimate of drug-likeness (QED) is 0.855. The molecule has 0 aliphatic heterocycles. The third-order valence-electron chi connectivity index (χ3n) is 2.52. The minimum absolute atomic E-state index is 0.0794. The molecule has 96 valence electrons. The van der Waals surface area contributed by atoms with Crippen molar-refractivity contribution in [3.05, 3.63) is 47.6 Å². The summed E-state index contributed by atoms with van der Waals surface area (Å²) in [6, 6.07) is 8.97. The molecule has 6 nitrogen and oxygen atoms in total. The summed E-state index contributed by atoms with van der Waals surface area (Å²) in [6.07, 6.45) is 2.13. The number of nitriles is 1. The largest absolute Gasteiger partial charge is 0.355 e. The normalized spacial score (nSPS) is 9.84. The van der Waals surface area contributed by atoms with Gasteiger partial charge in [-0.25, -0.2) is 0 Å². The van der Waals surface area contributed by atoms with Crippen LogP contribution in [0.2, 0.25) is 0 Å². The first-order valence-electron chi connectivity index (χ1n) is 5.79. The predicted molar refractivity (Wildman–Crippen MR) is 65.9 cm³/mol. The zero-order valence-electron chi connectivity index (χ0n) is 10.2. The van der Waals surface area contributed by atoms with Gasteiger partial charge in [-0.05, 0) is 17.7 Å². The lowest BCUT2D eigenvalue weighted by molar-refractivity contribution is -0.120. The van der Waals surface area contributed by atoms with E-state index in [0.29, 0.717) is 24.4 Å². The molecule has 6 heteroatoms. The molecule has 0 radical (unpaired) electrons. The Kier molecular flexibility index (Phi) is 4.24. The highest BCUT2D eigenvalue weighted by molar-refractivity contribution is 5.78. The number of aromatic nitrogens is 2. The van der Waals surface area contributed by atoms with Gasteiger partial charge >= 0.3 is 0 Å². The molecule has 0 fully saturated rings. The number of benzene rings is 1. The minimum Gasteiger partial charge on any atom is -0.355 e. The smallest absolute Gasteiger partial charge is 0.228 e. The molecule has 1 aromatic heterocycles. The van der Waals surface area contributed by atoms with Gasteiger partial charge in [0.05, 0.1) is 18.1 Å². The molecule has 0 saturated carbocycles. The van der Waals surface area contributed by atoms with E-state index in [1.165, 1.54) is 6.33 Å². The number of rotatable bonds is 5. The van der Waals surface area contributed by atoms with Gasteiger partial charge < -0.3 is 9.84 Å². The Balaban J connectivity index is 1.76. The topological polar surface area (TPSA) is 91.8 Å². The lowest BCUT2D eigenvalue weighted by Crippen LogP contribution is -2.27. The number of carbonyl (C=O) groups excluding carboxylic acids is 1. The maximum absolute atomic E-state index is 11.7. The van der Waals surface area contributed by atoms with Crippen LogP contribution in [0.5, 0.6) is 0 Å². The van der Waals surface area contributed by atoms with Gasteiger partial charge in [-0.1, -0.05) is 17.3 Å². The van der Waals surface area contributed by atoms with Crippen LogP contribution in [-0.4, -0.2) is 22.6 Å². The highest BCUT2D eigenvalue weighted by Gasteiger charge is 2.04. The lowest BCUT2D eigenvalue weighted by atomic mass is 10.1. The Hall–Kier alpha value is -2.68. The Labute approximate surface area is 110 Å². The number of hydrogen-bond donors (Lipinski definition) is 1. The molecular weight excluding hydrogens is 244 g/mol. The van der Waals surface area contributed by atoms with Crippen LogP contribution in [0.25, 0.3) is 0 Å². The van der Waals surface area contributed by atoms with Gasteiger partial charge in [0, 0.05) is 13.0 Å². The van der Waals surface area contributed by atoms with Crippen LogP contribution < -0.4 is 5.32 Å². The molecule has 0 spiro atoms. The van der Waals surface area contributed by atoms with Crippen molar-refractivity contribution in [3.63, 3.8) is 0 Å². The maximum Gasteiger partial charge on any atom is 0.228 e. The maximum atomic E-state index is 11.7. The molecule has 0 atom stereocenters. The molecular formula is C13H12N4O2. The summed E-state index contributed by atoms with van der Waals surface area (Å²) in [5.74, 6) is 0.419. The van der Waals surface area contributed by atoms with E-state index in [9.17, 15) is 4.79 Å². The van der Waals surface area contributed by atoms with Crippen molar-refractivity contribution < 1.29 is 9.32 Å². The molecule has 1 N–H and O–H groups in total. The Morgan fingerprint density at radius 2 is 2.16 bits per heavy atom. The van der Waals surface area contributed by atoms with E-state index in [1.54, 1.807) is 24.3 Å². The molecule has 0 bridgehead atoms. The van der Waals surface area contributed by atoms with Crippen LogP contribution >= 0.6 is 0 Å². The van der Waals surface area contributed by atoms with Crippen LogP contribution in [-0.2, 0) is 17.6 Å². The zero-order chi connectivity index (χ0) is 13.5. The van der Waals surface area contributed by atoms with Gasteiger partial charge in [0.15, 0.2) is 6.33 Å². The molecule has 2 rings (SSSR count). The first-order valence-corrected chi connectivity index (χ1v) is 5.79. The highest BCUT2D eigenvalue weighted by Crippen LogP contribution is 2.04. The van der Waals surface area contributed by atoms with E-state index >= 15 is 0 Å². The molecule has 0 unspecified atom stereocenters. The lowest BCUT2D eigenvalue weighted by Gasteiger charge is -2.03. The summed E-state index contributed by atoms with van der Waals surface area (Å²) < 4.78 is 4.82. The van der Waals surface area contributed by atoms with Gasteiger partial charge in [-0.3, -0.25) is 4.79 Å². The summed E-state index contributed by atoms with van der Waals surface area (Å²) in [5, 5.41) is 14.9. The average Bonchev–Trinajstić information content (AvgIpc) is 2.93. The number of nitrogens with zero attached hydrogens (tertiary/aromatic N) is 3. The number of amides is 1. The van der Waals surface area contributed by atoms with Crippen LogP contribution in [0.1, 0.15) is 17.0 Å². The van der Waals surface area contributed by atoms with Gasteiger partial charge in [0.1, 0.15) is 0 Å². The third kappa shape index (κ3) is 3.92. The van der Waals surface area contributed by atoms with E-state index in [1.807, 2.05) is 6.07 Å². The van der Waals surface area contributed by atoms with Crippen LogP contribution in [0.15, 0.2) is 35.1 Å². The Bertz CT molecular complexity index is 570. The van der Waals surface area contributed by atoms with Gasteiger partial charge in [-0.15, -0.1) is 0 Å². The van der Waals surface area contributed by atoms with E-state index < -0.39 is 0 Å². The van der Waals surface area contributed by atoms with Gasteiger partial charge in [0.2, 0.25) is 11.8 Å². The van der Waals surface area contributed by atoms with Crippen molar-refractivity contribution in [2.45, 2.75) is 12.8 Å². The highest BCUT2D eigenvalue weighted by atomic mass is 16.5. The first-order chi connectivity index (χ1) is 9.28. The monoisotopic (exact) mass is 256 g/mol. The molecule has 1 heterocycles. The van der Waals surface area contributed by atoms with Gasteiger partial charge in [-0.2, -0.15) is 10.2 Å². The van der Waals surface area contributed by atoms with Crippen LogP contribution in [0, 0.1) is 11.3 Å². The standard InChI is InChI=1S/C13H12N4O2/c14-8-11-3-1-10(2-4-11)7-12(18)15-6-5-13-16-9-17-19-13/h1-4,9H,5-7H2,(H,15,18). The molecule has 0 aliphatic carbocycles. The van der Waals surface area contributed by atoms with Crippen LogP contribution in [0.4, 0.5) is 0 Å². The van der Waals surface area contributed by atoms with Crippen molar-refractivity contribution in [2.75, 3.05) is 6.54 Å². The molecule has 0 aliphatic rings. The molecule has 1 amide bonds. The fourth-order valence-corrected chi connectivity index (χ4v) is 1.56. The van der Waals surface area contributed by atoms with E-state index in [0.717, 1.165) is 5.56 Å². The molecule has 0 saturated heterocycles. The van der Waals surface area contributed by atoms with Crippen molar-refractivity contribution in [3.8, 4) is 6.07 Å². The number of nitrogens with one attached hydrogen (secondary N) is 1. The fourth-order valence-electron chi connectivity index (χ4n) is 1.56. The Morgan fingerprint density at radius 3 is 2.79 bits per heavy atom. The molecule has 2 aromatic rings. The third-order valence-corrected chi connectivity index (χ3v) is 2.52. The van der Waals surface area contributed by atoms with Crippen LogP contribution in [0.3, 0.4) is 0 Å². The number of hydrogen-bond acceptors (Lipinski definition) is 5. The van der Waals surface area contributed by atoms with E-state index in [-0.39, 0.29) is 12.3 Å². The van der Waals surface area contributed by atoms with Crippen molar-refractivity contribution >= 4 is 5.91 Å². The fraction of sp³-hybridized carbons (Fsp3) is 0.231. The average molecular weight is 256 g/mol. The second kappa shape index (κ2) is 6.31. The van der Waals surface area contributed by atoms with Crippen molar-refractivity contribution in [1.29, 1.82) is 5.26 Å².